The number of nitrogens with zero attached hydrogens (tertiary/aromatic N) is 1. The molecule has 2 aromatic rings. The van der Waals surface area contributed by atoms with E-state index in [-0.39, 0.29) is 11.4 Å². The van der Waals surface area contributed by atoms with Crippen molar-refractivity contribution in [2.24, 2.45) is 0 Å². The van der Waals surface area contributed by atoms with Gasteiger partial charge in [-0.1, -0.05) is 29.8 Å². The maximum absolute atomic E-state index is 12.1. The first-order valence-electron chi connectivity index (χ1n) is 6.36. The van der Waals surface area contributed by atoms with E-state index in [9.17, 15) is 13.5 Å². The molecule has 0 saturated carbocycles. The van der Waals surface area contributed by atoms with Gasteiger partial charge in [0.15, 0.2) is 0 Å². The molecule has 7 heteroatoms. The highest BCUT2D eigenvalue weighted by Gasteiger charge is 2.17. The zero-order valence-corrected chi connectivity index (χ0v) is 13.0. The van der Waals surface area contributed by atoms with Crippen LogP contribution in [0.25, 0.3) is 0 Å². The molecule has 0 spiro atoms. The summed E-state index contributed by atoms with van der Waals surface area (Å²) in [6.07, 6.45) is -1.05. The average Bonchev–Trinajstić information content (AvgIpc) is 2.53. The maximum Gasteiger partial charge on any atom is 0.240 e. The van der Waals surface area contributed by atoms with E-state index >= 15 is 0 Å². The normalized spacial score (nSPS) is 12.6. The lowest BCUT2D eigenvalue weighted by Crippen LogP contribution is -2.28. The van der Waals surface area contributed by atoms with Gasteiger partial charge in [-0.05, 0) is 30.3 Å². The van der Waals surface area contributed by atoms with E-state index in [1.807, 2.05) is 6.07 Å². The first-order chi connectivity index (χ1) is 10.4. The highest BCUT2D eigenvalue weighted by molar-refractivity contribution is 7.89. The van der Waals surface area contributed by atoms with Crippen LogP contribution in [0.2, 0.25) is 5.02 Å². The third-order valence-electron chi connectivity index (χ3n) is 3.02. The topological polar surface area (TPSA) is 90.2 Å². The van der Waals surface area contributed by atoms with E-state index in [0.29, 0.717) is 16.1 Å². The minimum atomic E-state index is -3.76. The first kappa shape index (κ1) is 16.5. The lowest BCUT2D eigenvalue weighted by Gasteiger charge is -2.14. The van der Waals surface area contributed by atoms with Crippen LogP contribution in [0.1, 0.15) is 17.2 Å². The SMILES string of the molecule is N#Cc1ccc(S(=O)(=O)NCC(O)c2ccccc2Cl)cc1. The molecule has 1 atom stereocenters. The van der Waals surface area contributed by atoms with Crippen molar-refractivity contribution in [3.63, 3.8) is 0 Å². The molecular weight excluding hydrogens is 324 g/mol. The molecule has 2 aromatic carbocycles. The number of nitrogens with one attached hydrogen (secondary N) is 1. The molecule has 0 amide bonds. The van der Waals surface area contributed by atoms with Gasteiger partial charge in [-0.25, -0.2) is 13.1 Å². The third kappa shape index (κ3) is 3.84. The second kappa shape index (κ2) is 6.90. The Morgan fingerprint density at radius 3 is 2.41 bits per heavy atom. The van der Waals surface area contributed by atoms with Gasteiger partial charge >= 0.3 is 0 Å². The molecule has 1 unspecified atom stereocenters. The summed E-state index contributed by atoms with van der Waals surface area (Å²) >= 11 is 5.95. The van der Waals surface area contributed by atoms with E-state index in [1.165, 1.54) is 24.3 Å². The predicted octanol–water partition coefficient (Wildman–Crippen LogP) is 2.22. The first-order valence-corrected chi connectivity index (χ1v) is 8.22. The number of sulfonamides is 1. The quantitative estimate of drug-likeness (QED) is 0.876. The van der Waals surface area contributed by atoms with Gasteiger partial charge in [-0.2, -0.15) is 5.26 Å². The molecule has 0 aliphatic heterocycles. The number of rotatable bonds is 5. The van der Waals surface area contributed by atoms with E-state index in [4.69, 9.17) is 16.9 Å². The summed E-state index contributed by atoms with van der Waals surface area (Å²) in [5.74, 6) is 0. The van der Waals surface area contributed by atoms with Crippen molar-refractivity contribution in [3.05, 3.63) is 64.7 Å². The van der Waals surface area contributed by atoms with Crippen molar-refractivity contribution in [1.29, 1.82) is 5.26 Å². The number of benzene rings is 2. The van der Waals surface area contributed by atoms with Crippen LogP contribution < -0.4 is 4.72 Å². The summed E-state index contributed by atoms with van der Waals surface area (Å²) in [6.45, 7) is -0.202. The highest BCUT2D eigenvalue weighted by atomic mass is 35.5. The summed E-state index contributed by atoms with van der Waals surface area (Å²) in [5.41, 5.74) is 0.821. The Morgan fingerprint density at radius 2 is 1.82 bits per heavy atom. The van der Waals surface area contributed by atoms with E-state index in [2.05, 4.69) is 4.72 Å². The van der Waals surface area contributed by atoms with Gasteiger partial charge in [0, 0.05) is 17.1 Å². The van der Waals surface area contributed by atoms with Crippen LogP contribution in [0.5, 0.6) is 0 Å². The Labute approximate surface area is 133 Å². The average molecular weight is 337 g/mol. The molecule has 114 valence electrons. The fourth-order valence-corrected chi connectivity index (χ4v) is 3.14. The van der Waals surface area contributed by atoms with Crippen molar-refractivity contribution < 1.29 is 13.5 Å². The molecule has 0 saturated heterocycles. The Morgan fingerprint density at radius 1 is 1.18 bits per heavy atom. The van der Waals surface area contributed by atoms with Crippen LogP contribution in [0.3, 0.4) is 0 Å². The Kier molecular flexibility index (Phi) is 5.16. The number of nitriles is 1. The smallest absolute Gasteiger partial charge is 0.240 e. The Bertz CT molecular complexity index is 798. The summed E-state index contributed by atoms with van der Waals surface area (Å²) in [7, 11) is -3.76. The lowest BCUT2D eigenvalue weighted by atomic mass is 10.1. The molecule has 22 heavy (non-hydrogen) atoms. The molecule has 0 fully saturated rings. The highest BCUT2D eigenvalue weighted by Crippen LogP contribution is 2.22. The Balaban J connectivity index is 2.09. The van der Waals surface area contributed by atoms with Crippen LogP contribution in [0, 0.1) is 11.3 Å². The Hall–Kier alpha value is -1.91. The molecule has 2 N–H and O–H groups in total. The molecule has 0 bridgehead atoms. The molecule has 2 rings (SSSR count). The predicted molar refractivity (Wildman–Crippen MR) is 82.8 cm³/mol. The van der Waals surface area contributed by atoms with Crippen LogP contribution in [0.15, 0.2) is 53.4 Å². The fourth-order valence-electron chi connectivity index (χ4n) is 1.84. The molecule has 0 heterocycles. The number of aliphatic hydroxyl groups is 1. The van der Waals surface area contributed by atoms with Gasteiger partial charge in [-0.15, -0.1) is 0 Å². The van der Waals surface area contributed by atoms with Crippen LogP contribution in [-0.2, 0) is 10.0 Å². The van der Waals surface area contributed by atoms with Gasteiger partial charge < -0.3 is 5.11 Å². The van der Waals surface area contributed by atoms with Gasteiger partial charge in [-0.3, -0.25) is 0 Å². The van der Waals surface area contributed by atoms with Crippen molar-refractivity contribution in [2.45, 2.75) is 11.0 Å². The fraction of sp³-hybridized carbons (Fsp3) is 0.133. The minimum Gasteiger partial charge on any atom is -0.387 e. The molecule has 0 aromatic heterocycles. The van der Waals surface area contributed by atoms with Gasteiger partial charge in [0.05, 0.1) is 22.6 Å². The van der Waals surface area contributed by atoms with E-state index in [0.717, 1.165) is 0 Å². The summed E-state index contributed by atoms with van der Waals surface area (Å²) in [4.78, 5) is 0.0258. The molecule has 0 radical (unpaired) electrons. The largest absolute Gasteiger partial charge is 0.387 e. The monoisotopic (exact) mass is 336 g/mol. The van der Waals surface area contributed by atoms with Crippen molar-refractivity contribution in [2.75, 3.05) is 6.54 Å². The van der Waals surface area contributed by atoms with Gasteiger partial charge in [0.25, 0.3) is 0 Å². The summed E-state index contributed by atoms with van der Waals surface area (Å²) in [6, 6.07) is 14.1. The second-order valence-corrected chi connectivity index (χ2v) is 6.70. The van der Waals surface area contributed by atoms with E-state index in [1.54, 1.807) is 24.3 Å². The van der Waals surface area contributed by atoms with E-state index < -0.39 is 16.1 Å². The number of halogens is 1. The van der Waals surface area contributed by atoms with Crippen LogP contribution in [-0.4, -0.2) is 20.1 Å². The maximum atomic E-state index is 12.1. The minimum absolute atomic E-state index is 0.0258. The van der Waals surface area contributed by atoms with Gasteiger partial charge in [0.1, 0.15) is 0 Å². The second-order valence-electron chi connectivity index (χ2n) is 4.53. The summed E-state index contributed by atoms with van der Waals surface area (Å²) < 4.78 is 26.5. The zero-order chi connectivity index (χ0) is 16.2. The van der Waals surface area contributed by atoms with Crippen molar-refractivity contribution in [3.8, 4) is 6.07 Å². The van der Waals surface area contributed by atoms with Crippen LogP contribution >= 0.6 is 11.6 Å². The number of aliphatic hydroxyl groups excluding tert-OH is 1. The molecule has 0 aliphatic carbocycles. The van der Waals surface area contributed by atoms with Gasteiger partial charge in [0.2, 0.25) is 10.0 Å². The molecule has 0 aliphatic rings. The third-order valence-corrected chi connectivity index (χ3v) is 4.81. The lowest BCUT2D eigenvalue weighted by molar-refractivity contribution is 0.182. The zero-order valence-electron chi connectivity index (χ0n) is 11.4. The van der Waals surface area contributed by atoms with Crippen LogP contribution in [0.4, 0.5) is 0 Å². The summed E-state index contributed by atoms with van der Waals surface area (Å²) in [5, 5.41) is 19.1. The van der Waals surface area contributed by atoms with Crippen molar-refractivity contribution >= 4 is 21.6 Å². The van der Waals surface area contributed by atoms with Crippen molar-refractivity contribution in [1.82, 2.24) is 4.72 Å². The standard InChI is InChI=1S/C15H13ClN2O3S/c16-14-4-2-1-3-13(14)15(19)10-18-22(20,21)12-7-5-11(9-17)6-8-12/h1-8,15,18-19H,10H2. The molecular formula is C15H13ClN2O3S. The number of hydrogen-bond acceptors (Lipinski definition) is 4. The molecule has 5 nitrogen and oxygen atoms in total. The number of hydrogen-bond donors (Lipinski definition) is 2.